The fraction of sp³-hybridized carbons (Fsp3) is 0.647. The summed E-state index contributed by atoms with van der Waals surface area (Å²) in [5.74, 6) is 0.409. The number of likely N-dealkylation sites (tertiary alicyclic amines) is 1. The molecule has 1 N–H and O–H groups in total. The van der Waals surface area contributed by atoms with E-state index in [2.05, 4.69) is 10.3 Å². The van der Waals surface area contributed by atoms with Crippen molar-refractivity contribution in [1.29, 1.82) is 0 Å². The van der Waals surface area contributed by atoms with Crippen molar-refractivity contribution in [2.75, 3.05) is 25.0 Å². The van der Waals surface area contributed by atoms with Gasteiger partial charge in [-0.2, -0.15) is 0 Å². The Bertz CT molecular complexity index is 557. The third-order valence-electron chi connectivity index (χ3n) is 3.78. The summed E-state index contributed by atoms with van der Waals surface area (Å²) in [7, 11) is 0. The van der Waals surface area contributed by atoms with E-state index in [9.17, 15) is 4.79 Å². The van der Waals surface area contributed by atoms with Crippen LogP contribution in [0.1, 0.15) is 39.2 Å². The minimum absolute atomic E-state index is 0.216. The van der Waals surface area contributed by atoms with E-state index in [4.69, 9.17) is 16.3 Å². The normalized spacial score (nSPS) is 18.7. The topological polar surface area (TPSA) is 54.5 Å². The van der Waals surface area contributed by atoms with Crippen LogP contribution >= 0.6 is 11.6 Å². The van der Waals surface area contributed by atoms with Gasteiger partial charge >= 0.3 is 6.09 Å². The van der Waals surface area contributed by atoms with Crippen molar-refractivity contribution in [3.8, 4) is 0 Å². The quantitative estimate of drug-likeness (QED) is 0.842. The lowest BCUT2D eigenvalue weighted by atomic mass is 9.98. The number of aromatic nitrogens is 1. The van der Waals surface area contributed by atoms with Gasteiger partial charge in [0.15, 0.2) is 0 Å². The van der Waals surface area contributed by atoms with Crippen LogP contribution < -0.4 is 5.32 Å². The molecule has 1 saturated heterocycles. The molecule has 1 aliphatic heterocycles. The van der Waals surface area contributed by atoms with Gasteiger partial charge in [0.25, 0.3) is 0 Å². The SMILES string of the molecule is Cc1cc(NCC2CCCN(C(=O)OC(C)(C)C)C2)cnc1Cl. The second kappa shape index (κ2) is 7.39. The molecule has 1 aliphatic rings. The summed E-state index contributed by atoms with van der Waals surface area (Å²) in [4.78, 5) is 18.1. The van der Waals surface area contributed by atoms with Crippen molar-refractivity contribution in [3.63, 3.8) is 0 Å². The first-order valence-corrected chi connectivity index (χ1v) is 8.46. The Labute approximate surface area is 143 Å². The monoisotopic (exact) mass is 339 g/mol. The van der Waals surface area contributed by atoms with Gasteiger partial charge in [0.1, 0.15) is 10.8 Å². The largest absolute Gasteiger partial charge is 0.444 e. The van der Waals surface area contributed by atoms with Gasteiger partial charge in [-0.1, -0.05) is 11.6 Å². The van der Waals surface area contributed by atoms with Gasteiger partial charge in [0.2, 0.25) is 0 Å². The number of hydrogen-bond donors (Lipinski definition) is 1. The molecule has 1 aromatic heterocycles. The Balaban J connectivity index is 1.86. The van der Waals surface area contributed by atoms with Crippen molar-refractivity contribution in [3.05, 3.63) is 23.0 Å². The number of carbonyl (C=O) groups is 1. The van der Waals surface area contributed by atoms with Gasteiger partial charge in [-0.15, -0.1) is 0 Å². The number of carbonyl (C=O) groups excluding carboxylic acids is 1. The maximum Gasteiger partial charge on any atom is 0.410 e. The molecule has 2 rings (SSSR count). The summed E-state index contributed by atoms with van der Waals surface area (Å²) in [6.07, 6.45) is 3.63. The second-order valence-electron chi connectivity index (χ2n) is 7.15. The van der Waals surface area contributed by atoms with Crippen molar-refractivity contribution >= 4 is 23.4 Å². The van der Waals surface area contributed by atoms with Crippen molar-refractivity contribution < 1.29 is 9.53 Å². The van der Waals surface area contributed by atoms with E-state index in [1.807, 2.05) is 38.7 Å². The fourth-order valence-corrected chi connectivity index (χ4v) is 2.74. The molecule has 2 heterocycles. The van der Waals surface area contributed by atoms with Crippen molar-refractivity contribution in [1.82, 2.24) is 9.88 Å². The number of nitrogens with zero attached hydrogens (tertiary/aromatic N) is 2. The highest BCUT2D eigenvalue weighted by atomic mass is 35.5. The molecule has 0 saturated carbocycles. The number of aryl methyl sites for hydroxylation is 1. The van der Waals surface area contributed by atoms with Gasteiger partial charge in [-0.25, -0.2) is 9.78 Å². The van der Waals surface area contributed by atoms with E-state index in [0.717, 1.165) is 43.7 Å². The lowest BCUT2D eigenvalue weighted by Crippen LogP contribution is -2.44. The molecule has 0 bridgehead atoms. The summed E-state index contributed by atoms with van der Waals surface area (Å²) in [5, 5.41) is 3.92. The zero-order valence-electron chi connectivity index (χ0n) is 14.4. The molecule has 0 spiro atoms. The maximum atomic E-state index is 12.2. The first-order chi connectivity index (χ1) is 10.7. The molecule has 1 amide bonds. The van der Waals surface area contributed by atoms with E-state index < -0.39 is 5.60 Å². The zero-order chi connectivity index (χ0) is 17.0. The van der Waals surface area contributed by atoms with Crippen molar-refractivity contribution in [2.24, 2.45) is 5.92 Å². The van der Waals surface area contributed by atoms with Gasteiger partial charge < -0.3 is 15.0 Å². The number of anilines is 1. The number of halogens is 1. The summed E-state index contributed by atoms with van der Waals surface area (Å²) in [5.41, 5.74) is 1.46. The van der Waals surface area contributed by atoms with E-state index in [-0.39, 0.29) is 6.09 Å². The number of pyridine rings is 1. The van der Waals surface area contributed by atoms with Gasteiger partial charge in [-0.05, 0) is 58.1 Å². The summed E-state index contributed by atoms with van der Waals surface area (Å²) >= 11 is 5.94. The smallest absolute Gasteiger partial charge is 0.410 e. The molecule has 0 aromatic carbocycles. The fourth-order valence-electron chi connectivity index (χ4n) is 2.64. The first-order valence-electron chi connectivity index (χ1n) is 8.08. The standard InChI is InChI=1S/C17H26ClN3O2/c1-12-8-14(10-20-15(12)18)19-9-13-6-5-7-21(11-13)16(22)23-17(2,3)4/h8,10,13,19H,5-7,9,11H2,1-4H3. The van der Waals surface area contributed by atoms with Crippen LogP contribution in [0, 0.1) is 12.8 Å². The Morgan fingerprint density at radius 2 is 2.26 bits per heavy atom. The highest BCUT2D eigenvalue weighted by Gasteiger charge is 2.27. The van der Waals surface area contributed by atoms with Crippen LogP contribution in [-0.2, 0) is 4.74 Å². The van der Waals surface area contributed by atoms with Crippen LogP contribution in [0.4, 0.5) is 10.5 Å². The zero-order valence-corrected chi connectivity index (χ0v) is 15.1. The first kappa shape index (κ1) is 17.9. The van der Waals surface area contributed by atoms with Gasteiger partial charge in [0, 0.05) is 19.6 Å². The van der Waals surface area contributed by atoms with E-state index in [1.165, 1.54) is 0 Å². The Morgan fingerprint density at radius 1 is 1.52 bits per heavy atom. The molecule has 1 aromatic rings. The van der Waals surface area contributed by atoms with E-state index in [0.29, 0.717) is 11.1 Å². The lowest BCUT2D eigenvalue weighted by Gasteiger charge is -2.34. The van der Waals surface area contributed by atoms with Crippen LogP contribution in [-0.4, -0.2) is 41.2 Å². The predicted molar refractivity (Wildman–Crippen MR) is 93.0 cm³/mol. The van der Waals surface area contributed by atoms with Crippen LogP contribution in [0.2, 0.25) is 5.15 Å². The Kier molecular flexibility index (Phi) is 5.74. The van der Waals surface area contributed by atoms with Crippen LogP contribution in [0.25, 0.3) is 0 Å². The van der Waals surface area contributed by atoms with Crippen LogP contribution in [0.15, 0.2) is 12.3 Å². The summed E-state index contributed by atoms with van der Waals surface area (Å²) in [6.45, 7) is 9.92. The number of ether oxygens (including phenoxy) is 1. The predicted octanol–water partition coefficient (Wildman–Crippen LogP) is 4.10. The van der Waals surface area contributed by atoms with Crippen LogP contribution in [0.5, 0.6) is 0 Å². The molecule has 128 valence electrons. The van der Waals surface area contributed by atoms with Gasteiger partial charge in [-0.3, -0.25) is 0 Å². The minimum atomic E-state index is -0.450. The molecule has 0 aliphatic carbocycles. The van der Waals surface area contributed by atoms with E-state index in [1.54, 1.807) is 6.20 Å². The molecule has 5 nitrogen and oxygen atoms in total. The molecule has 6 heteroatoms. The highest BCUT2D eigenvalue weighted by Crippen LogP contribution is 2.21. The molecular weight excluding hydrogens is 314 g/mol. The number of hydrogen-bond acceptors (Lipinski definition) is 4. The van der Waals surface area contributed by atoms with Crippen LogP contribution in [0.3, 0.4) is 0 Å². The molecule has 0 radical (unpaired) electrons. The highest BCUT2D eigenvalue weighted by molar-refractivity contribution is 6.30. The Hall–Kier alpha value is -1.49. The summed E-state index contributed by atoms with van der Waals surface area (Å²) in [6, 6.07) is 1.99. The average molecular weight is 340 g/mol. The van der Waals surface area contributed by atoms with Gasteiger partial charge in [0.05, 0.1) is 11.9 Å². The third kappa shape index (κ3) is 5.57. The third-order valence-corrected chi connectivity index (χ3v) is 4.18. The van der Waals surface area contributed by atoms with Crippen molar-refractivity contribution in [2.45, 2.75) is 46.1 Å². The lowest BCUT2D eigenvalue weighted by molar-refractivity contribution is 0.0172. The number of amides is 1. The maximum absolute atomic E-state index is 12.2. The average Bonchev–Trinajstić information content (AvgIpc) is 2.47. The molecule has 1 fully saturated rings. The molecule has 1 atom stereocenters. The number of piperidine rings is 1. The van der Waals surface area contributed by atoms with E-state index >= 15 is 0 Å². The molecule has 23 heavy (non-hydrogen) atoms. The second-order valence-corrected chi connectivity index (χ2v) is 7.51. The Morgan fingerprint density at radius 3 is 2.91 bits per heavy atom. The minimum Gasteiger partial charge on any atom is -0.444 e. The number of rotatable bonds is 3. The summed E-state index contributed by atoms with van der Waals surface area (Å²) < 4.78 is 5.46. The molecule has 1 unspecified atom stereocenters. The molecular formula is C17H26ClN3O2. The number of nitrogens with one attached hydrogen (secondary N) is 1.